The first-order chi connectivity index (χ1) is 13.7. The molecule has 4 aromatic rings. The molecule has 0 aliphatic rings. The zero-order valence-electron chi connectivity index (χ0n) is 14.7. The average molecular weight is 392 g/mol. The molecule has 4 rings (SSSR count). The highest BCUT2D eigenvalue weighted by Crippen LogP contribution is 2.36. The van der Waals surface area contributed by atoms with Gasteiger partial charge in [0.05, 0.1) is 4.92 Å². The van der Waals surface area contributed by atoms with Gasteiger partial charge in [-0.2, -0.15) is 4.98 Å². The number of nitro groups is 1. The molecule has 2 heterocycles. The van der Waals surface area contributed by atoms with Crippen molar-refractivity contribution in [3.63, 3.8) is 0 Å². The minimum atomic E-state index is -0.520. The number of aromatic nitrogens is 2. The molecule has 0 aliphatic heterocycles. The van der Waals surface area contributed by atoms with Crippen LogP contribution in [0.15, 0.2) is 66.3 Å². The molecule has 8 heteroatoms. The van der Waals surface area contributed by atoms with E-state index in [4.69, 9.17) is 4.74 Å². The third kappa shape index (κ3) is 3.77. The van der Waals surface area contributed by atoms with Crippen LogP contribution in [0.5, 0.6) is 11.6 Å². The smallest absolute Gasteiger partial charge is 0.373 e. The maximum Gasteiger partial charge on any atom is 0.373 e. The van der Waals surface area contributed by atoms with Gasteiger partial charge in [-0.15, -0.1) is 11.3 Å². The quantitative estimate of drug-likeness (QED) is 0.350. The fourth-order valence-electron chi connectivity index (χ4n) is 2.88. The summed E-state index contributed by atoms with van der Waals surface area (Å²) >= 11 is 1.64. The van der Waals surface area contributed by atoms with Crippen molar-refractivity contribution in [3.05, 3.63) is 81.3 Å². The molecule has 0 fully saturated rings. The standard InChI is InChI=1S/C20H16N4O3S/c25-24(26)18-19(21-11-10-15-7-4-12-28-15)22-13-23-20(18)27-17-9-3-6-14-5-1-2-8-16(14)17/h1-9,12-13H,10-11H2,(H,21,22,23). The number of fused-ring (bicyclic) bond motifs is 1. The van der Waals surface area contributed by atoms with E-state index in [1.807, 2.05) is 53.9 Å². The highest BCUT2D eigenvalue weighted by molar-refractivity contribution is 7.09. The highest BCUT2D eigenvalue weighted by Gasteiger charge is 2.25. The minimum absolute atomic E-state index is 0.0880. The molecule has 0 radical (unpaired) electrons. The van der Waals surface area contributed by atoms with E-state index in [9.17, 15) is 10.1 Å². The molecule has 28 heavy (non-hydrogen) atoms. The van der Waals surface area contributed by atoms with Crippen LogP contribution in [-0.4, -0.2) is 21.4 Å². The van der Waals surface area contributed by atoms with Crippen molar-refractivity contribution in [3.8, 4) is 11.6 Å². The number of nitrogens with zero attached hydrogens (tertiary/aromatic N) is 3. The Hall–Kier alpha value is -3.52. The van der Waals surface area contributed by atoms with Gasteiger partial charge in [-0.3, -0.25) is 10.1 Å². The van der Waals surface area contributed by atoms with Gasteiger partial charge in [-0.1, -0.05) is 42.5 Å². The van der Waals surface area contributed by atoms with Crippen molar-refractivity contribution in [2.45, 2.75) is 6.42 Å². The SMILES string of the molecule is O=[N+]([O-])c1c(NCCc2cccs2)ncnc1Oc1cccc2ccccc12. The molecule has 0 bridgehead atoms. The molecular formula is C20H16N4O3S. The summed E-state index contributed by atoms with van der Waals surface area (Å²) in [6, 6.07) is 17.2. The number of hydrogen-bond acceptors (Lipinski definition) is 7. The van der Waals surface area contributed by atoms with E-state index in [-0.39, 0.29) is 17.4 Å². The number of anilines is 1. The summed E-state index contributed by atoms with van der Waals surface area (Å²) in [6.07, 6.45) is 2.01. The molecule has 2 aromatic heterocycles. The Bertz CT molecular complexity index is 1110. The van der Waals surface area contributed by atoms with Crippen molar-refractivity contribution < 1.29 is 9.66 Å². The lowest BCUT2D eigenvalue weighted by Crippen LogP contribution is -2.09. The monoisotopic (exact) mass is 392 g/mol. The minimum Gasteiger partial charge on any atom is -0.433 e. The predicted octanol–water partition coefficient (Wildman–Crippen LogP) is 5.05. The lowest BCUT2D eigenvalue weighted by molar-refractivity contribution is -0.385. The average Bonchev–Trinajstić information content (AvgIpc) is 3.22. The van der Waals surface area contributed by atoms with Crippen molar-refractivity contribution in [1.29, 1.82) is 0 Å². The van der Waals surface area contributed by atoms with Crippen molar-refractivity contribution >= 4 is 33.6 Å². The third-order valence-corrected chi connectivity index (χ3v) is 5.11. The number of nitrogens with one attached hydrogen (secondary N) is 1. The van der Waals surface area contributed by atoms with Gasteiger partial charge in [0, 0.05) is 16.8 Å². The molecule has 0 spiro atoms. The van der Waals surface area contributed by atoms with E-state index < -0.39 is 4.92 Å². The van der Waals surface area contributed by atoms with Crippen LogP contribution >= 0.6 is 11.3 Å². The van der Waals surface area contributed by atoms with Gasteiger partial charge in [-0.25, -0.2) is 4.98 Å². The van der Waals surface area contributed by atoms with E-state index in [0.717, 1.165) is 17.2 Å². The first-order valence-electron chi connectivity index (χ1n) is 8.63. The Labute approximate surface area is 164 Å². The Morgan fingerprint density at radius 1 is 1.07 bits per heavy atom. The molecule has 0 amide bonds. The van der Waals surface area contributed by atoms with Crippen LogP contribution in [0.1, 0.15) is 4.88 Å². The summed E-state index contributed by atoms with van der Waals surface area (Å²) in [5.74, 6) is 0.561. The molecule has 0 unspecified atom stereocenters. The molecule has 7 nitrogen and oxygen atoms in total. The largest absolute Gasteiger partial charge is 0.433 e. The molecule has 0 aliphatic carbocycles. The van der Waals surface area contributed by atoms with Crippen LogP contribution in [0.4, 0.5) is 11.5 Å². The maximum atomic E-state index is 11.7. The van der Waals surface area contributed by atoms with Crippen LogP contribution in [-0.2, 0) is 6.42 Å². The molecular weight excluding hydrogens is 376 g/mol. The Morgan fingerprint density at radius 3 is 2.75 bits per heavy atom. The summed E-state index contributed by atoms with van der Waals surface area (Å²) in [7, 11) is 0. The van der Waals surface area contributed by atoms with Crippen molar-refractivity contribution in [2.75, 3.05) is 11.9 Å². The van der Waals surface area contributed by atoms with E-state index in [1.54, 1.807) is 17.4 Å². The fraction of sp³-hybridized carbons (Fsp3) is 0.100. The van der Waals surface area contributed by atoms with Gasteiger partial charge in [0.15, 0.2) is 0 Å². The zero-order valence-corrected chi connectivity index (χ0v) is 15.6. The van der Waals surface area contributed by atoms with E-state index in [2.05, 4.69) is 15.3 Å². The zero-order chi connectivity index (χ0) is 19.3. The van der Waals surface area contributed by atoms with Crippen LogP contribution in [0.2, 0.25) is 0 Å². The molecule has 2 aromatic carbocycles. The topological polar surface area (TPSA) is 90.2 Å². The lowest BCUT2D eigenvalue weighted by Gasteiger charge is -2.10. The summed E-state index contributed by atoms with van der Waals surface area (Å²) in [5, 5.41) is 18.6. The summed E-state index contributed by atoms with van der Waals surface area (Å²) in [4.78, 5) is 20.4. The fourth-order valence-corrected chi connectivity index (χ4v) is 3.59. The first-order valence-corrected chi connectivity index (χ1v) is 9.51. The predicted molar refractivity (Wildman–Crippen MR) is 109 cm³/mol. The summed E-state index contributed by atoms with van der Waals surface area (Å²) in [6.45, 7) is 0.520. The molecule has 0 atom stereocenters. The first kappa shape index (κ1) is 17.9. The van der Waals surface area contributed by atoms with Gasteiger partial charge < -0.3 is 10.1 Å². The second-order valence-electron chi connectivity index (χ2n) is 5.97. The van der Waals surface area contributed by atoms with E-state index in [0.29, 0.717) is 12.3 Å². The van der Waals surface area contributed by atoms with Crippen LogP contribution in [0, 0.1) is 10.1 Å². The Kier molecular flexibility index (Phi) is 5.11. The number of rotatable bonds is 7. The highest BCUT2D eigenvalue weighted by atomic mass is 32.1. The van der Waals surface area contributed by atoms with Gasteiger partial charge in [0.25, 0.3) is 0 Å². The second kappa shape index (κ2) is 8.01. The second-order valence-corrected chi connectivity index (χ2v) is 7.00. The van der Waals surface area contributed by atoms with Crippen LogP contribution in [0.25, 0.3) is 10.8 Å². The Balaban J connectivity index is 1.62. The number of ether oxygens (including phenoxy) is 1. The number of thiophene rings is 1. The van der Waals surface area contributed by atoms with Crippen LogP contribution in [0.3, 0.4) is 0 Å². The maximum absolute atomic E-state index is 11.7. The lowest BCUT2D eigenvalue weighted by atomic mass is 10.1. The van der Waals surface area contributed by atoms with Gasteiger partial charge in [0.2, 0.25) is 5.82 Å². The van der Waals surface area contributed by atoms with Gasteiger partial charge >= 0.3 is 11.6 Å². The summed E-state index contributed by atoms with van der Waals surface area (Å²) < 4.78 is 5.85. The molecule has 1 N–H and O–H groups in total. The number of benzene rings is 2. The molecule has 140 valence electrons. The molecule has 0 saturated carbocycles. The normalized spacial score (nSPS) is 10.7. The van der Waals surface area contributed by atoms with Gasteiger partial charge in [0.1, 0.15) is 12.1 Å². The van der Waals surface area contributed by atoms with E-state index >= 15 is 0 Å². The van der Waals surface area contributed by atoms with Crippen molar-refractivity contribution in [1.82, 2.24) is 9.97 Å². The Morgan fingerprint density at radius 2 is 1.93 bits per heavy atom. The van der Waals surface area contributed by atoms with E-state index in [1.165, 1.54) is 11.2 Å². The van der Waals surface area contributed by atoms with Gasteiger partial charge in [-0.05, 0) is 29.3 Å². The number of hydrogen-bond donors (Lipinski definition) is 1. The molecule has 0 saturated heterocycles. The van der Waals surface area contributed by atoms with Crippen molar-refractivity contribution in [2.24, 2.45) is 0 Å². The summed E-state index contributed by atoms with van der Waals surface area (Å²) in [5.41, 5.74) is -0.276. The third-order valence-electron chi connectivity index (χ3n) is 4.17. The van der Waals surface area contributed by atoms with Crippen LogP contribution < -0.4 is 10.1 Å².